The first kappa shape index (κ1) is 12.7. The third-order valence-corrected chi connectivity index (χ3v) is 2.41. The van der Waals surface area contributed by atoms with Crippen molar-refractivity contribution in [3.8, 4) is 5.75 Å². The van der Waals surface area contributed by atoms with Gasteiger partial charge in [-0.2, -0.15) is 0 Å². The fourth-order valence-electron chi connectivity index (χ4n) is 1.16. The van der Waals surface area contributed by atoms with Gasteiger partial charge in [-0.3, -0.25) is 14.9 Å². The van der Waals surface area contributed by atoms with E-state index in [9.17, 15) is 14.9 Å². The quantitative estimate of drug-likeness (QED) is 0.363. The first-order valence-corrected chi connectivity index (χ1v) is 5.03. The number of halogens is 2. The number of nitrogens with zero attached hydrogens (tertiary/aromatic N) is 1. The molecule has 0 aliphatic carbocycles. The van der Waals surface area contributed by atoms with Gasteiger partial charge in [-0.25, -0.2) is 0 Å². The van der Waals surface area contributed by atoms with Crippen molar-refractivity contribution in [1.82, 2.24) is 0 Å². The van der Waals surface area contributed by atoms with Crippen LogP contribution >= 0.6 is 23.2 Å². The summed E-state index contributed by atoms with van der Waals surface area (Å²) < 4.78 is 4.86. The summed E-state index contributed by atoms with van der Waals surface area (Å²) in [6.07, 6.45) is 0. The van der Waals surface area contributed by atoms with E-state index >= 15 is 0 Å². The first-order valence-electron chi connectivity index (χ1n) is 4.12. The predicted octanol–water partition coefficient (Wildman–Crippen LogP) is 2.68. The second-order valence-corrected chi connectivity index (χ2v) is 3.49. The second-order valence-electron chi connectivity index (χ2n) is 2.82. The topological polar surface area (TPSA) is 69.4 Å². The Morgan fingerprint density at radius 2 is 2.19 bits per heavy atom. The zero-order valence-electron chi connectivity index (χ0n) is 8.20. The van der Waals surface area contributed by atoms with Gasteiger partial charge in [0.2, 0.25) is 0 Å². The third kappa shape index (κ3) is 2.43. The highest BCUT2D eigenvalue weighted by molar-refractivity contribution is 6.35. The van der Waals surface area contributed by atoms with Gasteiger partial charge < -0.3 is 4.74 Å². The van der Waals surface area contributed by atoms with Crippen LogP contribution in [0.15, 0.2) is 12.1 Å². The van der Waals surface area contributed by atoms with Crippen molar-refractivity contribution in [2.24, 2.45) is 0 Å². The van der Waals surface area contributed by atoms with Crippen molar-refractivity contribution in [3.05, 3.63) is 32.8 Å². The van der Waals surface area contributed by atoms with Gasteiger partial charge in [0.25, 0.3) is 5.69 Å². The van der Waals surface area contributed by atoms with Crippen LogP contribution in [0, 0.1) is 10.1 Å². The van der Waals surface area contributed by atoms with Crippen LogP contribution < -0.4 is 4.74 Å². The normalized spacial score (nSPS) is 9.94. The number of Topliss-reactive ketones (excluding diaryl/α,β-unsaturated/α-hetero) is 1. The molecule has 5 nitrogen and oxygen atoms in total. The van der Waals surface area contributed by atoms with Crippen molar-refractivity contribution in [1.29, 1.82) is 0 Å². The number of ketones is 1. The molecule has 0 aliphatic rings. The van der Waals surface area contributed by atoms with Crippen molar-refractivity contribution >= 4 is 34.7 Å². The number of carbonyl (C=O) groups excluding carboxylic acids is 1. The smallest absolute Gasteiger partial charge is 0.298 e. The summed E-state index contributed by atoms with van der Waals surface area (Å²) in [5.41, 5.74) is -0.600. The fraction of sp³-hybridized carbons (Fsp3) is 0.222. The molecular formula is C9H7Cl2NO4. The molecule has 0 radical (unpaired) electrons. The molecule has 1 rings (SSSR count). The highest BCUT2D eigenvalue weighted by Crippen LogP contribution is 2.33. The van der Waals surface area contributed by atoms with E-state index in [4.69, 9.17) is 27.9 Å². The molecule has 0 amide bonds. The third-order valence-electron chi connectivity index (χ3n) is 1.88. The Labute approximate surface area is 101 Å². The summed E-state index contributed by atoms with van der Waals surface area (Å²) in [4.78, 5) is 21.4. The molecule has 0 saturated heterocycles. The minimum Gasteiger partial charge on any atom is -0.497 e. The van der Waals surface area contributed by atoms with Gasteiger partial charge in [-0.05, 0) is 6.07 Å². The molecule has 1 aromatic carbocycles. The lowest BCUT2D eigenvalue weighted by molar-refractivity contribution is -0.385. The Balaban J connectivity index is 3.46. The van der Waals surface area contributed by atoms with E-state index < -0.39 is 16.4 Å². The van der Waals surface area contributed by atoms with E-state index in [2.05, 4.69) is 0 Å². The summed E-state index contributed by atoms with van der Waals surface area (Å²) in [7, 11) is 1.37. The molecule has 86 valence electrons. The van der Waals surface area contributed by atoms with Crippen molar-refractivity contribution in [2.45, 2.75) is 0 Å². The Morgan fingerprint density at radius 3 is 2.62 bits per heavy atom. The lowest BCUT2D eigenvalue weighted by Gasteiger charge is -2.05. The van der Waals surface area contributed by atoms with Gasteiger partial charge in [-0.1, -0.05) is 11.6 Å². The van der Waals surface area contributed by atoms with Crippen LogP contribution in [0.3, 0.4) is 0 Å². The number of nitro groups is 1. The van der Waals surface area contributed by atoms with Crippen molar-refractivity contribution in [3.63, 3.8) is 0 Å². The molecular weight excluding hydrogens is 257 g/mol. The molecule has 1 aromatic rings. The monoisotopic (exact) mass is 263 g/mol. The number of nitro benzene ring substituents is 1. The number of benzene rings is 1. The molecule has 0 bridgehead atoms. The van der Waals surface area contributed by atoms with Crippen LogP contribution in [0.5, 0.6) is 5.75 Å². The van der Waals surface area contributed by atoms with E-state index in [0.29, 0.717) is 0 Å². The highest BCUT2D eigenvalue weighted by atomic mass is 35.5. The molecule has 0 saturated carbocycles. The maximum Gasteiger partial charge on any atom is 0.298 e. The second kappa shape index (κ2) is 5.14. The van der Waals surface area contributed by atoms with E-state index in [1.165, 1.54) is 19.2 Å². The molecule has 7 heteroatoms. The average molecular weight is 264 g/mol. The van der Waals surface area contributed by atoms with Crippen LogP contribution in [-0.4, -0.2) is 23.7 Å². The van der Waals surface area contributed by atoms with Crippen LogP contribution in [-0.2, 0) is 0 Å². The molecule has 0 aromatic heterocycles. The summed E-state index contributed by atoms with van der Waals surface area (Å²) in [5, 5.41) is 10.6. The summed E-state index contributed by atoms with van der Waals surface area (Å²) in [6, 6.07) is 2.51. The molecule has 0 atom stereocenters. The lowest BCUT2D eigenvalue weighted by atomic mass is 10.1. The molecule has 16 heavy (non-hydrogen) atoms. The minimum atomic E-state index is -0.721. The number of ether oxygens (including phenoxy) is 1. The van der Waals surface area contributed by atoms with Gasteiger partial charge in [0, 0.05) is 6.07 Å². The predicted molar refractivity (Wildman–Crippen MR) is 59.7 cm³/mol. The number of rotatable bonds is 4. The van der Waals surface area contributed by atoms with Crippen LogP contribution in [0.25, 0.3) is 0 Å². The standard InChI is InChI=1S/C9H7Cl2NO4/c1-16-5-2-6(8(13)4-10)9(12(14)15)7(11)3-5/h2-3H,4H2,1H3. The van der Waals surface area contributed by atoms with Gasteiger partial charge in [-0.15, -0.1) is 11.6 Å². The van der Waals surface area contributed by atoms with Crippen LogP contribution in [0.4, 0.5) is 5.69 Å². The van der Waals surface area contributed by atoms with Crippen LogP contribution in [0.2, 0.25) is 5.02 Å². The maximum absolute atomic E-state index is 11.4. The first-order chi connectivity index (χ1) is 7.51. The SMILES string of the molecule is COc1cc(Cl)c([N+](=O)[O-])c(C(=O)CCl)c1. The molecule has 0 heterocycles. The van der Waals surface area contributed by atoms with E-state index in [-0.39, 0.29) is 22.2 Å². The van der Waals surface area contributed by atoms with Gasteiger partial charge in [0.15, 0.2) is 5.78 Å². The van der Waals surface area contributed by atoms with E-state index in [1.54, 1.807) is 0 Å². The van der Waals surface area contributed by atoms with Crippen LogP contribution in [0.1, 0.15) is 10.4 Å². The summed E-state index contributed by atoms with van der Waals surface area (Å²) >= 11 is 11.0. The summed E-state index contributed by atoms with van der Waals surface area (Å²) in [6.45, 7) is 0. The molecule has 0 spiro atoms. The van der Waals surface area contributed by atoms with Crippen molar-refractivity contribution < 1.29 is 14.5 Å². The lowest BCUT2D eigenvalue weighted by Crippen LogP contribution is -2.06. The number of hydrogen-bond acceptors (Lipinski definition) is 4. The Kier molecular flexibility index (Phi) is 4.09. The number of carbonyl (C=O) groups is 1. The fourth-order valence-corrected chi connectivity index (χ4v) is 1.58. The molecule has 0 unspecified atom stereocenters. The summed E-state index contributed by atoms with van der Waals surface area (Å²) in [5.74, 6) is -0.664. The average Bonchev–Trinajstić information content (AvgIpc) is 2.26. The molecule has 0 fully saturated rings. The largest absolute Gasteiger partial charge is 0.497 e. The van der Waals surface area contributed by atoms with Crippen molar-refractivity contribution in [2.75, 3.05) is 13.0 Å². The minimum absolute atomic E-state index is 0.149. The van der Waals surface area contributed by atoms with Gasteiger partial charge in [0.1, 0.15) is 16.3 Å². The number of hydrogen-bond donors (Lipinski definition) is 0. The van der Waals surface area contributed by atoms with E-state index in [0.717, 1.165) is 0 Å². The molecule has 0 N–H and O–H groups in total. The Hall–Kier alpha value is -1.33. The Morgan fingerprint density at radius 1 is 1.56 bits per heavy atom. The molecule has 0 aliphatic heterocycles. The highest BCUT2D eigenvalue weighted by Gasteiger charge is 2.24. The number of alkyl halides is 1. The van der Waals surface area contributed by atoms with Gasteiger partial charge in [0.05, 0.1) is 17.9 Å². The zero-order chi connectivity index (χ0) is 12.3. The van der Waals surface area contributed by atoms with E-state index in [1.807, 2.05) is 0 Å². The maximum atomic E-state index is 11.4. The number of methoxy groups -OCH3 is 1. The Bertz CT molecular complexity index is 447. The van der Waals surface area contributed by atoms with Gasteiger partial charge >= 0.3 is 0 Å². The zero-order valence-corrected chi connectivity index (χ0v) is 9.71.